The van der Waals surface area contributed by atoms with Crippen molar-refractivity contribution in [1.82, 2.24) is 39.0 Å². The second-order valence-corrected chi connectivity index (χ2v) is 12.5. The number of hydrogen-bond acceptors (Lipinski definition) is 21. The summed E-state index contributed by atoms with van der Waals surface area (Å²) in [5.74, 6) is -0.299. The monoisotopic (exact) mass is 689 g/mol. The Kier molecular flexibility index (Phi) is 8.43. The lowest BCUT2D eigenvalue weighted by Crippen LogP contribution is -2.38. The summed E-state index contributed by atoms with van der Waals surface area (Å²) >= 11 is 0. The Bertz CT molecular complexity index is 1910. The minimum absolute atomic E-state index is 0.0287. The number of ether oxygens (including phenoxy) is 2. The SMILES string of the molecule is Nc1nc2c(ncn2[C@@H]2O[C@H](COP(=O)([O-])O[C@H]3[C@@H](O)[C@H](n4cnc5c(N)ncnc54)O[C@@H]3COP(=O)([O-])[O-])[C@@H](O)[C@H]2O)c(=O)[nH]1. The Balaban J connectivity index is 1.18. The molecule has 9 atom stereocenters. The Morgan fingerprint density at radius 1 is 0.870 bits per heavy atom. The van der Waals surface area contributed by atoms with Crippen molar-refractivity contribution in [3.8, 4) is 0 Å². The van der Waals surface area contributed by atoms with E-state index >= 15 is 0 Å². The normalized spacial score (nSPS) is 30.0. The first-order chi connectivity index (χ1) is 21.6. The lowest BCUT2D eigenvalue weighted by atomic mass is 10.1. The van der Waals surface area contributed by atoms with Gasteiger partial charge in [0.1, 0.15) is 48.5 Å². The number of imidazole rings is 2. The Labute approximate surface area is 254 Å². The van der Waals surface area contributed by atoms with E-state index in [1.165, 1.54) is 0 Å². The fourth-order valence-electron chi connectivity index (χ4n) is 5.00. The third kappa shape index (κ3) is 6.14. The summed E-state index contributed by atoms with van der Waals surface area (Å²) in [5.41, 5.74) is 10.5. The third-order valence-electron chi connectivity index (χ3n) is 7.08. The van der Waals surface area contributed by atoms with Crippen molar-refractivity contribution in [1.29, 1.82) is 0 Å². The van der Waals surface area contributed by atoms with Gasteiger partial charge in [-0.15, -0.1) is 0 Å². The first-order valence-electron chi connectivity index (χ1n) is 12.9. The van der Waals surface area contributed by atoms with Crippen molar-refractivity contribution in [2.75, 3.05) is 24.7 Å². The number of aliphatic hydroxyl groups is 3. The molecule has 0 spiro atoms. The maximum Gasteiger partial charge on any atom is 0.280 e. The van der Waals surface area contributed by atoms with Crippen LogP contribution in [0.2, 0.25) is 0 Å². The number of nitrogens with zero attached hydrogens (tertiary/aromatic N) is 7. The van der Waals surface area contributed by atoms with E-state index in [0.717, 1.165) is 28.1 Å². The van der Waals surface area contributed by atoms with Gasteiger partial charge >= 0.3 is 0 Å². The number of nitrogens with two attached hydrogens (primary N) is 2. The van der Waals surface area contributed by atoms with Gasteiger partial charge in [0.2, 0.25) is 5.95 Å². The average molecular weight is 689 g/mol. The van der Waals surface area contributed by atoms with Gasteiger partial charge in [-0.1, -0.05) is 0 Å². The number of aliphatic hydroxyl groups excluding tert-OH is 3. The van der Waals surface area contributed by atoms with Gasteiger partial charge in [-0.2, -0.15) is 4.98 Å². The van der Waals surface area contributed by atoms with E-state index in [4.69, 9.17) is 30.0 Å². The molecule has 2 aliphatic rings. The zero-order chi connectivity index (χ0) is 33.1. The summed E-state index contributed by atoms with van der Waals surface area (Å²) in [4.78, 5) is 69.1. The number of aromatic amines is 1. The van der Waals surface area contributed by atoms with Gasteiger partial charge in [-0.25, -0.2) is 19.9 Å². The number of fused-ring (bicyclic) bond motifs is 2. The van der Waals surface area contributed by atoms with E-state index in [0.29, 0.717) is 0 Å². The van der Waals surface area contributed by atoms with Gasteiger partial charge in [-0.05, 0) is 0 Å². The van der Waals surface area contributed by atoms with E-state index in [2.05, 4.69) is 34.4 Å². The molecule has 2 aliphatic heterocycles. The van der Waals surface area contributed by atoms with E-state index in [1.54, 1.807) is 0 Å². The Morgan fingerprint density at radius 2 is 1.50 bits per heavy atom. The fraction of sp³-hybridized carbons (Fsp3) is 0.500. The molecule has 0 radical (unpaired) electrons. The van der Waals surface area contributed by atoms with Crippen LogP contribution in [0.25, 0.3) is 22.3 Å². The van der Waals surface area contributed by atoms with Crippen molar-refractivity contribution in [3.05, 3.63) is 29.3 Å². The zero-order valence-electron chi connectivity index (χ0n) is 22.8. The highest BCUT2D eigenvalue weighted by Crippen LogP contribution is 2.47. The van der Waals surface area contributed by atoms with E-state index in [1.807, 2.05) is 0 Å². The molecule has 4 aromatic heterocycles. The molecular formula is C20H23N10O14P2-3. The topological polar surface area (TPSA) is 369 Å². The van der Waals surface area contributed by atoms with E-state index < -0.39 is 83.5 Å². The molecule has 6 rings (SSSR count). The zero-order valence-corrected chi connectivity index (χ0v) is 24.6. The summed E-state index contributed by atoms with van der Waals surface area (Å²) in [6, 6.07) is 0. The molecule has 46 heavy (non-hydrogen) atoms. The smallest absolute Gasteiger partial charge is 0.280 e. The molecular weight excluding hydrogens is 666 g/mol. The molecule has 1 unspecified atom stereocenters. The lowest BCUT2D eigenvalue weighted by molar-refractivity contribution is -0.343. The highest BCUT2D eigenvalue weighted by molar-refractivity contribution is 7.45. The van der Waals surface area contributed by atoms with Gasteiger partial charge in [0.15, 0.2) is 35.1 Å². The molecule has 26 heteroatoms. The summed E-state index contributed by atoms with van der Waals surface area (Å²) in [6.45, 7) is -2.00. The molecule has 2 saturated heterocycles. The van der Waals surface area contributed by atoms with Gasteiger partial charge in [0.05, 0.1) is 33.7 Å². The second kappa shape index (κ2) is 12.0. The van der Waals surface area contributed by atoms with Crippen LogP contribution in [0.3, 0.4) is 0 Å². The molecule has 0 bridgehead atoms. The number of nitrogen functional groups attached to an aromatic ring is 2. The highest BCUT2D eigenvalue weighted by atomic mass is 31.2. The van der Waals surface area contributed by atoms with Crippen LogP contribution >= 0.6 is 15.6 Å². The first kappa shape index (κ1) is 32.5. The average Bonchev–Trinajstić information content (AvgIpc) is 3.73. The van der Waals surface area contributed by atoms with Gasteiger partial charge in [-0.3, -0.25) is 23.5 Å². The van der Waals surface area contributed by atoms with Crippen LogP contribution in [0.4, 0.5) is 11.8 Å². The second-order valence-electron chi connectivity index (χ2n) is 10.0. The molecule has 6 heterocycles. The maximum atomic E-state index is 12.9. The van der Waals surface area contributed by atoms with E-state index in [9.17, 15) is 43.9 Å². The third-order valence-corrected chi connectivity index (χ3v) is 8.51. The number of phosphoric acid groups is 2. The van der Waals surface area contributed by atoms with Gasteiger partial charge in [0, 0.05) is 0 Å². The summed E-state index contributed by atoms with van der Waals surface area (Å²) < 4.78 is 51.6. The molecule has 0 aliphatic carbocycles. The lowest BCUT2D eigenvalue weighted by Gasteiger charge is -2.33. The predicted octanol–water partition coefficient (Wildman–Crippen LogP) is -5.28. The Morgan fingerprint density at radius 3 is 2.22 bits per heavy atom. The predicted molar refractivity (Wildman–Crippen MR) is 140 cm³/mol. The molecule has 8 N–H and O–H groups in total. The minimum atomic E-state index is -5.59. The van der Waals surface area contributed by atoms with Crippen LogP contribution in [0.15, 0.2) is 23.8 Å². The van der Waals surface area contributed by atoms with Crippen molar-refractivity contribution in [2.45, 2.75) is 49.1 Å². The van der Waals surface area contributed by atoms with Crippen LogP contribution in [-0.2, 0) is 32.2 Å². The van der Waals surface area contributed by atoms with E-state index in [-0.39, 0.29) is 34.1 Å². The number of aromatic nitrogens is 8. The molecule has 24 nitrogen and oxygen atoms in total. The van der Waals surface area contributed by atoms with Crippen LogP contribution in [0, 0.1) is 0 Å². The number of anilines is 2. The van der Waals surface area contributed by atoms with Crippen molar-refractivity contribution in [3.63, 3.8) is 0 Å². The fourth-order valence-corrected chi connectivity index (χ4v) is 6.28. The number of nitrogens with one attached hydrogen (secondary N) is 1. The quantitative estimate of drug-likeness (QED) is 0.0846. The van der Waals surface area contributed by atoms with Gasteiger partial charge < -0.3 is 69.1 Å². The van der Waals surface area contributed by atoms with Crippen molar-refractivity contribution in [2.24, 2.45) is 0 Å². The van der Waals surface area contributed by atoms with Crippen molar-refractivity contribution >= 4 is 49.7 Å². The molecule has 0 amide bonds. The summed E-state index contributed by atoms with van der Waals surface area (Å²) in [6.07, 6.45) is -10.0. The number of phosphoric ester groups is 2. The maximum absolute atomic E-state index is 12.9. The molecule has 0 aromatic carbocycles. The Hall–Kier alpha value is -3.48. The molecule has 0 saturated carbocycles. The standard InChI is InChI=1S/C20H26N10O14P2/c21-14-8-15(24-3-23-14)29(4-25-8)19-12(33)13(7(43-19)2-40-45(35,36)37)44-46(38,39)41-1-6-10(31)11(32)18(42-6)30-5-26-9-16(30)27-20(22)28-17(9)34/h3-7,10-13,18-19,31-33H,1-2H2,(H,38,39)(H2,21,23,24)(H2,35,36,37)(H3,22,27,28,34)/p-3/t6-,7-,10-,11-,12-,13-,18-,19-/m1/s1. The summed E-state index contributed by atoms with van der Waals surface area (Å²) in [5, 5.41) is 32.2. The minimum Gasteiger partial charge on any atom is -0.790 e. The van der Waals surface area contributed by atoms with Crippen LogP contribution in [0.5, 0.6) is 0 Å². The van der Waals surface area contributed by atoms with Crippen LogP contribution in [0.1, 0.15) is 12.5 Å². The van der Waals surface area contributed by atoms with Crippen molar-refractivity contribution < 1.29 is 62.2 Å². The first-order valence-corrected chi connectivity index (χ1v) is 15.9. The van der Waals surface area contributed by atoms with Crippen LogP contribution < -0.4 is 31.7 Å². The molecule has 2 fully saturated rings. The molecule has 250 valence electrons. The molecule has 4 aromatic rings. The van der Waals surface area contributed by atoms with Gasteiger partial charge in [0.25, 0.3) is 13.4 Å². The highest BCUT2D eigenvalue weighted by Gasteiger charge is 2.49. The number of H-pyrrole nitrogens is 1. The number of rotatable bonds is 10. The number of hydrogen-bond donors (Lipinski definition) is 6. The summed E-state index contributed by atoms with van der Waals surface area (Å²) in [7, 11) is -11.1. The largest absolute Gasteiger partial charge is 0.790 e. The van der Waals surface area contributed by atoms with Crippen LogP contribution in [-0.4, -0.2) is 104 Å².